The first kappa shape index (κ1) is 18.6. The van der Waals surface area contributed by atoms with E-state index in [-0.39, 0.29) is 4.90 Å². The first-order valence-electron chi connectivity index (χ1n) is 8.78. The van der Waals surface area contributed by atoms with Gasteiger partial charge in [-0.1, -0.05) is 12.1 Å². The largest absolute Gasteiger partial charge is 0.490 e. The van der Waals surface area contributed by atoms with Crippen molar-refractivity contribution in [3.63, 3.8) is 0 Å². The summed E-state index contributed by atoms with van der Waals surface area (Å²) < 4.78 is 38.4. The number of ether oxygens (including phenoxy) is 2. The second kappa shape index (κ2) is 8.46. The molecule has 0 aromatic heterocycles. The van der Waals surface area contributed by atoms with Crippen LogP contribution in [-0.4, -0.2) is 83.3 Å². The highest BCUT2D eigenvalue weighted by molar-refractivity contribution is 7.89. The molecule has 0 amide bonds. The molecule has 0 radical (unpaired) electrons. The van der Waals surface area contributed by atoms with Crippen molar-refractivity contribution in [3.05, 3.63) is 24.3 Å². The minimum absolute atomic E-state index is 0.243. The zero-order chi connectivity index (χ0) is 17.7. The van der Waals surface area contributed by atoms with Gasteiger partial charge in [0, 0.05) is 52.4 Å². The lowest BCUT2D eigenvalue weighted by Crippen LogP contribution is -2.49. The van der Waals surface area contributed by atoms with Crippen LogP contribution in [0, 0.1) is 0 Å². The molecule has 2 aliphatic heterocycles. The molecule has 1 N–H and O–H groups in total. The summed E-state index contributed by atoms with van der Waals surface area (Å²) in [6.45, 7) is 5.76. The predicted molar refractivity (Wildman–Crippen MR) is 95.4 cm³/mol. The molecule has 2 fully saturated rings. The van der Waals surface area contributed by atoms with Gasteiger partial charge >= 0.3 is 0 Å². The van der Waals surface area contributed by atoms with Gasteiger partial charge in [0.15, 0.2) is 0 Å². The first-order valence-corrected chi connectivity index (χ1v) is 10.2. The maximum Gasteiger partial charge on any atom is 0.246 e. The number of para-hydroxylation sites is 1. The van der Waals surface area contributed by atoms with E-state index in [0.717, 1.165) is 32.6 Å². The minimum Gasteiger partial charge on any atom is -0.490 e. The van der Waals surface area contributed by atoms with Gasteiger partial charge in [-0.25, -0.2) is 8.42 Å². The second-order valence-corrected chi connectivity index (χ2v) is 8.29. The number of rotatable bonds is 7. The lowest BCUT2D eigenvalue weighted by Gasteiger charge is -2.32. The van der Waals surface area contributed by atoms with Gasteiger partial charge < -0.3 is 14.8 Å². The van der Waals surface area contributed by atoms with Crippen molar-refractivity contribution in [3.8, 4) is 5.75 Å². The third-order valence-electron chi connectivity index (χ3n) is 4.81. The number of hydrogen-bond acceptors (Lipinski definition) is 6. The van der Waals surface area contributed by atoms with E-state index in [1.165, 1.54) is 0 Å². The fourth-order valence-corrected chi connectivity index (χ4v) is 5.05. The van der Waals surface area contributed by atoms with Gasteiger partial charge in [0.2, 0.25) is 10.0 Å². The van der Waals surface area contributed by atoms with Crippen molar-refractivity contribution in [2.75, 3.05) is 59.6 Å². The molecule has 2 heterocycles. The van der Waals surface area contributed by atoms with Gasteiger partial charge in [0.25, 0.3) is 0 Å². The molecule has 0 saturated carbocycles. The topological polar surface area (TPSA) is 71.1 Å². The third kappa shape index (κ3) is 4.32. The number of piperazine rings is 1. The van der Waals surface area contributed by atoms with E-state index in [4.69, 9.17) is 9.47 Å². The van der Waals surface area contributed by atoms with Crippen molar-refractivity contribution in [1.82, 2.24) is 14.5 Å². The Balaban J connectivity index is 1.71. The van der Waals surface area contributed by atoms with Crippen molar-refractivity contribution >= 4 is 10.0 Å². The monoisotopic (exact) mass is 369 g/mol. The number of benzene rings is 1. The van der Waals surface area contributed by atoms with Crippen LogP contribution in [0.4, 0.5) is 0 Å². The van der Waals surface area contributed by atoms with Gasteiger partial charge in [-0.2, -0.15) is 4.31 Å². The van der Waals surface area contributed by atoms with Crippen LogP contribution in [0.1, 0.15) is 6.42 Å². The van der Waals surface area contributed by atoms with Gasteiger partial charge in [-0.3, -0.25) is 4.90 Å². The molecule has 0 aliphatic carbocycles. The number of nitrogens with one attached hydrogen (secondary N) is 1. The van der Waals surface area contributed by atoms with E-state index >= 15 is 0 Å². The van der Waals surface area contributed by atoms with Crippen LogP contribution in [0.5, 0.6) is 5.75 Å². The predicted octanol–water partition coefficient (Wildman–Crippen LogP) is 0.380. The Morgan fingerprint density at radius 1 is 1.16 bits per heavy atom. The second-order valence-electron chi connectivity index (χ2n) is 6.38. The molecule has 25 heavy (non-hydrogen) atoms. The number of methoxy groups -OCH3 is 1. The van der Waals surface area contributed by atoms with Crippen LogP contribution >= 0.6 is 0 Å². The van der Waals surface area contributed by atoms with Gasteiger partial charge in [0.1, 0.15) is 17.3 Å². The van der Waals surface area contributed by atoms with Crippen molar-refractivity contribution in [1.29, 1.82) is 0 Å². The fraction of sp³-hybridized carbons (Fsp3) is 0.647. The molecule has 0 bridgehead atoms. The highest BCUT2D eigenvalue weighted by atomic mass is 32.2. The Kier molecular flexibility index (Phi) is 6.29. The van der Waals surface area contributed by atoms with Crippen molar-refractivity contribution < 1.29 is 17.9 Å². The van der Waals surface area contributed by atoms with Crippen LogP contribution in [-0.2, 0) is 14.8 Å². The van der Waals surface area contributed by atoms with E-state index in [1.54, 1.807) is 35.7 Å². The van der Waals surface area contributed by atoms with Crippen LogP contribution < -0.4 is 10.1 Å². The SMILES string of the molecule is COCCOc1ccccc1S(=O)(=O)N1CCC(N2CCNCC2)C1. The van der Waals surface area contributed by atoms with Gasteiger partial charge in [0.05, 0.1) is 6.61 Å². The summed E-state index contributed by atoms with van der Waals surface area (Å²) in [5, 5.41) is 3.34. The molecule has 1 atom stereocenters. The zero-order valence-electron chi connectivity index (χ0n) is 14.7. The van der Waals surface area contributed by atoms with Crippen molar-refractivity contribution in [2.24, 2.45) is 0 Å². The molecule has 1 unspecified atom stereocenters. The number of sulfonamides is 1. The first-order chi connectivity index (χ1) is 12.1. The summed E-state index contributed by atoms with van der Waals surface area (Å²) in [6, 6.07) is 7.15. The lowest BCUT2D eigenvalue weighted by atomic mass is 10.2. The Morgan fingerprint density at radius 2 is 1.92 bits per heavy atom. The number of nitrogens with zero attached hydrogens (tertiary/aromatic N) is 2. The minimum atomic E-state index is -3.55. The average Bonchev–Trinajstić information content (AvgIpc) is 3.14. The molecule has 7 nitrogen and oxygen atoms in total. The van der Waals surface area contributed by atoms with Crippen molar-refractivity contribution in [2.45, 2.75) is 17.4 Å². The maximum absolute atomic E-state index is 13.1. The summed E-state index contributed by atoms with van der Waals surface area (Å²) in [6.07, 6.45) is 0.881. The molecule has 8 heteroatoms. The quantitative estimate of drug-likeness (QED) is 0.701. The lowest BCUT2D eigenvalue weighted by molar-refractivity contribution is 0.144. The fourth-order valence-electron chi connectivity index (χ4n) is 3.43. The summed E-state index contributed by atoms with van der Waals surface area (Å²) in [5.74, 6) is 0.394. The summed E-state index contributed by atoms with van der Waals surface area (Å²) in [4.78, 5) is 2.64. The molecule has 2 aliphatic rings. The van der Waals surface area contributed by atoms with Gasteiger partial charge in [-0.15, -0.1) is 0 Å². The molecule has 140 valence electrons. The van der Waals surface area contributed by atoms with E-state index < -0.39 is 10.0 Å². The van der Waals surface area contributed by atoms with Crippen LogP contribution in [0.25, 0.3) is 0 Å². The van der Waals surface area contributed by atoms with Crippen LogP contribution in [0.15, 0.2) is 29.2 Å². The summed E-state index contributed by atoms with van der Waals surface area (Å²) in [5.41, 5.74) is 0. The molecule has 2 saturated heterocycles. The van der Waals surface area contributed by atoms with Crippen LogP contribution in [0.2, 0.25) is 0 Å². The molecule has 0 spiro atoms. The third-order valence-corrected chi connectivity index (χ3v) is 6.71. The average molecular weight is 369 g/mol. The normalized spacial score (nSPS) is 23.0. The number of hydrogen-bond donors (Lipinski definition) is 1. The van der Waals surface area contributed by atoms with E-state index in [0.29, 0.717) is 38.1 Å². The molecule has 1 aromatic rings. The maximum atomic E-state index is 13.1. The van der Waals surface area contributed by atoms with Gasteiger partial charge in [-0.05, 0) is 18.6 Å². The Morgan fingerprint density at radius 3 is 2.68 bits per heavy atom. The summed E-state index contributed by atoms with van der Waals surface area (Å²) >= 11 is 0. The summed E-state index contributed by atoms with van der Waals surface area (Å²) in [7, 11) is -1.96. The van der Waals surface area contributed by atoms with E-state index in [9.17, 15) is 8.42 Å². The molecular formula is C17H27N3O4S. The standard InChI is InChI=1S/C17H27N3O4S/c1-23-12-13-24-16-4-2-3-5-17(16)25(21,22)20-9-6-15(14-20)19-10-7-18-8-11-19/h2-5,15,18H,6-14H2,1H3. The molecular weight excluding hydrogens is 342 g/mol. The van der Waals surface area contributed by atoms with Crippen LogP contribution in [0.3, 0.4) is 0 Å². The Bertz CT molecular complexity index is 662. The zero-order valence-corrected chi connectivity index (χ0v) is 15.5. The molecule has 3 rings (SSSR count). The van der Waals surface area contributed by atoms with E-state index in [1.807, 2.05) is 0 Å². The Hall–Kier alpha value is -1.19. The highest BCUT2D eigenvalue weighted by Gasteiger charge is 2.36. The smallest absolute Gasteiger partial charge is 0.246 e. The van der Waals surface area contributed by atoms with E-state index in [2.05, 4.69) is 10.2 Å². The molecule has 1 aromatic carbocycles. The Labute approximate surface area is 149 Å². The highest BCUT2D eigenvalue weighted by Crippen LogP contribution is 2.29.